The standard InChI is InChI=1S/C27H28F3N7O6S/c28-27(29,30)17-43-26-35-24-32-16-18-5-11-21(12-6-18)42-14-1-2-15-44(40,41)37-22(38)4-3-13-31-23(39)19-7-9-20(10-8-19)33-25(34-24)36-26/h1-2,5-12H,3-4,13-17H2,(H,31,39)(H,37,38)(H2,32,33,34,35,36)/b2-1+. The number of halogens is 3. The van der Waals surface area contributed by atoms with Crippen LogP contribution < -0.4 is 30.1 Å². The molecular weight excluding hydrogens is 607 g/mol. The van der Waals surface area contributed by atoms with Gasteiger partial charge in [-0.3, -0.25) is 14.3 Å². The van der Waals surface area contributed by atoms with Crippen LogP contribution in [0.2, 0.25) is 0 Å². The first kappa shape index (κ1) is 32.0. The predicted octanol–water partition coefficient (Wildman–Crippen LogP) is 3.07. The molecule has 0 unspecified atom stereocenters. The fourth-order valence-corrected chi connectivity index (χ4v) is 4.57. The van der Waals surface area contributed by atoms with E-state index >= 15 is 0 Å². The molecule has 0 radical (unpaired) electrons. The Labute approximate surface area is 250 Å². The Hall–Kier alpha value is -4.93. The van der Waals surface area contributed by atoms with Crippen LogP contribution in [0.1, 0.15) is 28.8 Å². The number of nitrogens with zero attached hydrogens (tertiary/aromatic N) is 3. The molecule has 0 fully saturated rings. The SMILES string of the molecule is O=C1CCCNC(=O)c2ccc(cc2)Nc2nc(nc(OCC(F)(F)F)n2)NCc2ccc(cc2)OC/C=C/CS(=O)(=O)N1. The molecule has 4 heterocycles. The molecule has 3 aliphatic heterocycles. The summed E-state index contributed by atoms with van der Waals surface area (Å²) in [5.41, 5.74) is 1.46. The Morgan fingerprint density at radius 2 is 1.64 bits per heavy atom. The molecule has 0 aliphatic carbocycles. The third-order valence-corrected chi connectivity index (χ3v) is 6.89. The van der Waals surface area contributed by atoms with Crippen LogP contribution in [0.15, 0.2) is 60.7 Å². The van der Waals surface area contributed by atoms with Crippen LogP contribution in [-0.2, 0) is 21.4 Å². The number of benzene rings is 2. The Morgan fingerprint density at radius 1 is 0.909 bits per heavy atom. The molecular formula is C27H28F3N7O6S. The minimum Gasteiger partial charge on any atom is -0.490 e. The topological polar surface area (TPSA) is 174 Å². The van der Waals surface area contributed by atoms with Crippen LogP contribution in [0.25, 0.3) is 0 Å². The number of aromatic nitrogens is 3. The fourth-order valence-electron chi connectivity index (χ4n) is 3.65. The van der Waals surface area contributed by atoms with Crippen LogP contribution >= 0.6 is 0 Å². The van der Waals surface area contributed by atoms with Gasteiger partial charge in [-0.2, -0.15) is 28.1 Å². The molecule has 0 atom stereocenters. The number of hydrogen-bond acceptors (Lipinski definition) is 11. The van der Waals surface area contributed by atoms with Crippen LogP contribution in [0.4, 0.5) is 30.8 Å². The highest BCUT2D eigenvalue weighted by atomic mass is 32.2. The second kappa shape index (κ2) is 14.5. The lowest BCUT2D eigenvalue weighted by molar-refractivity contribution is -0.154. The summed E-state index contributed by atoms with van der Waals surface area (Å²) < 4.78 is 74.9. The molecule has 0 spiro atoms. The van der Waals surface area contributed by atoms with E-state index in [-0.39, 0.29) is 50.0 Å². The molecule has 1 aromatic heterocycles. The summed E-state index contributed by atoms with van der Waals surface area (Å²) in [6.45, 7) is -1.22. The maximum atomic E-state index is 12.8. The lowest BCUT2D eigenvalue weighted by atomic mass is 10.2. The van der Waals surface area contributed by atoms with Crippen molar-refractivity contribution < 1.29 is 40.7 Å². The molecule has 0 saturated carbocycles. The number of carbonyl (C=O) groups is 2. The van der Waals surface area contributed by atoms with Crippen molar-refractivity contribution in [2.24, 2.45) is 0 Å². The van der Waals surface area contributed by atoms with Crippen molar-refractivity contribution in [2.75, 3.05) is 36.1 Å². The summed E-state index contributed by atoms with van der Waals surface area (Å²) in [7, 11) is -3.89. The van der Waals surface area contributed by atoms with Gasteiger partial charge in [-0.15, -0.1) is 0 Å². The second-order valence-corrected chi connectivity index (χ2v) is 11.1. The molecule has 234 valence electrons. The Kier molecular flexibility index (Phi) is 10.5. The number of rotatable bonds is 2. The van der Waals surface area contributed by atoms with E-state index < -0.39 is 46.4 Å². The smallest absolute Gasteiger partial charge is 0.422 e. The number of sulfonamides is 1. The van der Waals surface area contributed by atoms with E-state index in [1.165, 1.54) is 36.4 Å². The predicted molar refractivity (Wildman–Crippen MR) is 153 cm³/mol. The van der Waals surface area contributed by atoms with Crippen molar-refractivity contribution in [1.82, 2.24) is 25.0 Å². The number of fused-ring (bicyclic) bond motifs is 2. The fraction of sp³-hybridized carbons (Fsp3) is 0.296. The first-order valence-electron chi connectivity index (χ1n) is 13.2. The highest BCUT2D eigenvalue weighted by Crippen LogP contribution is 2.21. The molecule has 2 amide bonds. The molecule has 3 aromatic rings. The summed E-state index contributed by atoms with van der Waals surface area (Å²) in [5.74, 6) is -1.21. The maximum Gasteiger partial charge on any atom is 0.422 e. The average Bonchev–Trinajstić information content (AvgIpc) is 2.97. The second-order valence-electron chi connectivity index (χ2n) is 9.32. The number of anilines is 3. The van der Waals surface area contributed by atoms with Crippen LogP contribution in [0.3, 0.4) is 0 Å². The third kappa shape index (κ3) is 10.7. The van der Waals surface area contributed by atoms with Crippen molar-refractivity contribution >= 4 is 39.4 Å². The zero-order chi connectivity index (χ0) is 31.6. The molecule has 0 saturated heterocycles. The van der Waals surface area contributed by atoms with E-state index in [1.807, 2.05) is 4.72 Å². The van der Waals surface area contributed by atoms with Gasteiger partial charge in [0.1, 0.15) is 12.4 Å². The van der Waals surface area contributed by atoms with Crippen molar-refractivity contribution in [2.45, 2.75) is 25.6 Å². The summed E-state index contributed by atoms with van der Waals surface area (Å²) >= 11 is 0. The number of amides is 2. The summed E-state index contributed by atoms with van der Waals surface area (Å²) in [4.78, 5) is 36.6. The number of nitrogens with one attached hydrogen (secondary N) is 4. The van der Waals surface area contributed by atoms with Gasteiger partial charge in [0.15, 0.2) is 6.61 Å². The average molecular weight is 636 g/mol. The first-order chi connectivity index (χ1) is 20.9. The number of hydrogen-bond donors (Lipinski definition) is 4. The van der Waals surface area contributed by atoms with E-state index in [0.717, 1.165) is 5.56 Å². The van der Waals surface area contributed by atoms with E-state index in [2.05, 4.69) is 30.9 Å². The molecule has 6 bridgehead atoms. The zero-order valence-electron chi connectivity index (χ0n) is 23.1. The van der Waals surface area contributed by atoms with Gasteiger partial charge < -0.3 is 25.4 Å². The van der Waals surface area contributed by atoms with Crippen molar-refractivity contribution in [1.29, 1.82) is 0 Å². The van der Waals surface area contributed by atoms with Gasteiger partial charge >= 0.3 is 12.2 Å². The molecule has 2 aromatic carbocycles. The van der Waals surface area contributed by atoms with Gasteiger partial charge in [-0.05, 0) is 48.4 Å². The van der Waals surface area contributed by atoms with Crippen LogP contribution in [0, 0.1) is 0 Å². The molecule has 13 nitrogen and oxygen atoms in total. The number of alkyl halides is 3. The lowest BCUT2D eigenvalue weighted by Gasteiger charge is -2.12. The largest absolute Gasteiger partial charge is 0.490 e. The summed E-state index contributed by atoms with van der Waals surface area (Å²) in [6, 6.07) is 12.3. The van der Waals surface area contributed by atoms with Crippen molar-refractivity contribution in [3.8, 4) is 11.8 Å². The van der Waals surface area contributed by atoms with Gasteiger partial charge in [0.05, 0.1) is 5.75 Å². The normalized spacial score (nSPS) is 17.2. The van der Waals surface area contributed by atoms with E-state index in [9.17, 15) is 31.2 Å². The number of ether oxygens (including phenoxy) is 2. The van der Waals surface area contributed by atoms with Gasteiger partial charge in [0.25, 0.3) is 5.91 Å². The maximum absolute atomic E-state index is 12.8. The monoisotopic (exact) mass is 635 g/mol. The minimum atomic E-state index is -4.61. The van der Waals surface area contributed by atoms with Crippen LogP contribution in [0.5, 0.6) is 11.8 Å². The van der Waals surface area contributed by atoms with Crippen molar-refractivity contribution in [3.63, 3.8) is 0 Å². The third-order valence-electron chi connectivity index (χ3n) is 5.72. The molecule has 3 aliphatic rings. The molecule has 17 heteroatoms. The summed E-state index contributed by atoms with van der Waals surface area (Å²) in [5, 5.41) is 8.41. The van der Waals surface area contributed by atoms with Crippen LogP contribution in [-0.4, -0.2) is 66.9 Å². The first-order valence-corrected chi connectivity index (χ1v) is 14.8. The van der Waals surface area contributed by atoms with Gasteiger partial charge in [-0.1, -0.05) is 24.3 Å². The van der Waals surface area contributed by atoms with E-state index in [4.69, 9.17) is 9.47 Å². The van der Waals surface area contributed by atoms with Gasteiger partial charge in [-0.25, -0.2) is 8.42 Å². The Bertz CT molecular complexity index is 1580. The number of carbonyl (C=O) groups excluding carboxylic acids is 2. The Morgan fingerprint density at radius 3 is 2.36 bits per heavy atom. The van der Waals surface area contributed by atoms with E-state index in [0.29, 0.717) is 11.4 Å². The highest BCUT2D eigenvalue weighted by Gasteiger charge is 2.29. The zero-order valence-corrected chi connectivity index (χ0v) is 23.9. The van der Waals surface area contributed by atoms with E-state index in [1.54, 1.807) is 24.3 Å². The molecule has 44 heavy (non-hydrogen) atoms. The molecule has 4 N–H and O–H groups in total. The highest BCUT2D eigenvalue weighted by molar-refractivity contribution is 7.90. The van der Waals surface area contributed by atoms with Gasteiger partial charge in [0, 0.05) is 30.8 Å². The quantitative estimate of drug-likeness (QED) is 0.305. The Balaban J connectivity index is 1.53. The van der Waals surface area contributed by atoms with Gasteiger partial charge in [0.2, 0.25) is 27.8 Å². The summed E-state index contributed by atoms with van der Waals surface area (Å²) in [6.07, 6.45) is -1.68. The lowest BCUT2D eigenvalue weighted by Crippen LogP contribution is -2.33. The van der Waals surface area contributed by atoms with Crippen molar-refractivity contribution in [3.05, 3.63) is 71.8 Å². The minimum absolute atomic E-state index is 0.0542. The molecule has 6 rings (SSSR count).